The largest absolute Gasteiger partial charge is 0.328 e. The zero-order valence-corrected chi connectivity index (χ0v) is 21.4. The molecule has 2 aliphatic rings. The number of sulfonamides is 1. The van der Waals surface area contributed by atoms with E-state index in [2.05, 4.69) is 26.2 Å². The average molecular weight is 556 g/mol. The monoisotopic (exact) mass is 554 g/mol. The first kappa shape index (κ1) is 24.3. The molecule has 4 rings (SSSR count). The number of piperazine rings is 1. The zero-order valence-electron chi connectivity index (χ0n) is 18.2. The first-order valence-electron chi connectivity index (χ1n) is 11.1. The molecule has 11 heteroatoms. The van der Waals surface area contributed by atoms with Crippen molar-refractivity contribution in [3.63, 3.8) is 0 Å². The fourth-order valence-corrected chi connectivity index (χ4v) is 6.72. The average Bonchev–Trinajstić information content (AvgIpc) is 3.31. The highest BCUT2D eigenvalue weighted by atomic mass is 79.9. The Kier molecular flexibility index (Phi) is 7.83. The van der Waals surface area contributed by atoms with Crippen LogP contribution >= 0.6 is 27.3 Å². The quantitative estimate of drug-likeness (QED) is 0.562. The Morgan fingerprint density at radius 2 is 1.91 bits per heavy atom. The number of nitrogens with one attached hydrogen (secondary N) is 1. The minimum Gasteiger partial charge on any atom is -0.328 e. The summed E-state index contributed by atoms with van der Waals surface area (Å²) in [6.45, 7) is 0.0528. The van der Waals surface area contributed by atoms with E-state index < -0.39 is 16.1 Å². The van der Waals surface area contributed by atoms with Gasteiger partial charge in [-0.3, -0.25) is 9.59 Å². The molecular weight excluding hydrogens is 528 g/mol. The van der Waals surface area contributed by atoms with E-state index >= 15 is 0 Å². The van der Waals surface area contributed by atoms with Crippen molar-refractivity contribution in [1.29, 1.82) is 0 Å². The smallest absolute Gasteiger partial charge is 0.248 e. The van der Waals surface area contributed by atoms with E-state index in [-0.39, 0.29) is 36.3 Å². The molecule has 0 unspecified atom stereocenters. The third-order valence-corrected chi connectivity index (χ3v) is 9.37. The van der Waals surface area contributed by atoms with E-state index in [1.807, 2.05) is 0 Å². The molecule has 2 heterocycles. The normalized spacial score (nSPS) is 19.4. The fourth-order valence-electron chi connectivity index (χ4n) is 4.54. The number of rotatable bonds is 7. The molecule has 1 N–H and O–H groups in total. The molecule has 1 aliphatic carbocycles. The molecule has 178 valence electrons. The van der Waals surface area contributed by atoms with Gasteiger partial charge in [0.15, 0.2) is 5.13 Å². The van der Waals surface area contributed by atoms with Crippen LogP contribution in [0.1, 0.15) is 38.5 Å². The van der Waals surface area contributed by atoms with Gasteiger partial charge in [-0.2, -0.15) is 4.31 Å². The topological polar surface area (TPSA) is 99.7 Å². The number of amides is 2. The van der Waals surface area contributed by atoms with Crippen LogP contribution in [0.5, 0.6) is 0 Å². The number of anilines is 1. The Balaban J connectivity index is 1.49. The number of halogens is 1. The number of aromatic nitrogens is 1. The summed E-state index contributed by atoms with van der Waals surface area (Å²) in [6.07, 6.45) is 7.78. The first-order valence-corrected chi connectivity index (χ1v) is 14.2. The lowest BCUT2D eigenvalue weighted by Gasteiger charge is -2.39. The van der Waals surface area contributed by atoms with Crippen LogP contribution in [0.15, 0.2) is 45.2 Å². The molecule has 0 radical (unpaired) electrons. The minimum atomic E-state index is -3.79. The molecule has 1 saturated carbocycles. The maximum atomic E-state index is 13.2. The second-order valence-electron chi connectivity index (χ2n) is 8.46. The van der Waals surface area contributed by atoms with Crippen LogP contribution in [0.2, 0.25) is 0 Å². The minimum absolute atomic E-state index is 0.146. The van der Waals surface area contributed by atoms with Crippen LogP contribution in [-0.2, 0) is 19.6 Å². The van der Waals surface area contributed by atoms with Crippen molar-refractivity contribution < 1.29 is 18.0 Å². The number of nitrogens with zero attached hydrogens (tertiary/aromatic N) is 3. The Bertz CT molecular complexity index is 1070. The highest BCUT2D eigenvalue weighted by molar-refractivity contribution is 9.10. The van der Waals surface area contributed by atoms with Gasteiger partial charge >= 0.3 is 0 Å². The van der Waals surface area contributed by atoms with Crippen LogP contribution in [0.3, 0.4) is 0 Å². The van der Waals surface area contributed by atoms with Crippen molar-refractivity contribution in [3.05, 3.63) is 40.3 Å². The van der Waals surface area contributed by atoms with Crippen LogP contribution in [0, 0.1) is 5.92 Å². The predicted molar refractivity (Wildman–Crippen MR) is 130 cm³/mol. The first-order chi connectivity index (χ1) is 15.8. The molecule has 1 atom stereocenters. The molecule has 1 aromatic carbocycles. The maximum Gasteiger partial charge on any atom is 0.248 e. The number of benzene rings is 1. The van der Waals surface area contributed by atoms with Crippen molar-refractivity contribution >= 4 is 54.2 Å². The van der Waals surface area contributed by atoms with Crippen LogP contribution in [-0.4, -0.2) is 60.1 Å². The summed E-state index contributed by atoms with van der Waals surface area (Å²) in [5, 5.41) is 5.12. The Morgan fingerprint density at radius 3 is 2.55 bits per heavy atom. The van der Waals surface area contributed by atoms with Crippen LogP contribution < -0.4 is 5.32 Å². The Labute approximate surface area is 206 Å². The number of thiazole rings is 1. The van der Waals surface area contributed by atoms with Gasteiger partial charge in [-0.25, -0.2) is 13.4 Å². The standard InChI is InChI=1S/C22H27BrN4O4S2/c23-17-6-8-18(9-7-17)33(30,31)26-11-12-27(20(28)15-26)19(14-16-4-2-1-3-5-16)21(29)25-22-24-10-13-32-22/h6-10,13,16,19H,1-5,11-12,14-15H2,(H,24,25,29)/t19-/m0/s1. The van der Waals surface area contributed by atoms with Crippen molar-refractivity contribution in [1.82, 2.24) is 14.2 Å². The number of carbonyl (C=O) groups excluding carboxylic acids is 2. The molecule has 0 spiro atoms. The summed E-state index contributed by atoms with van der Waals surface area (Å²) in [4.78, 5) is 32.2. The lowest BCUT2D eigenvalue weighted by molar-refractivity contribution is -0.142. The summed E-state index contributed by atoms with van der Waals surface area (Å²) in [5.74, 6) is -0.228. The van der Waals surface area contributed by atoms with E-state index in [1.165, 1.54) is 34.2 Å². The number of hydrogen-bond acceptors (Lipinski definition) is 6. The zero-order chi connectivity index (χ0) is 23.4. The summed E-state index contributed by atoms with van der Waals surface area (Å²) in [5.41, 5.74) is 0. The summed E-state index contributed by atoms with van der Waals surface area (Å²) >= 11 is 4.63. The van der Waals surface area contributed by atoms with Gasteiger partial charge in [0.2, 0.25) is 21.8 Å². The third kappa shape index (κ3) is 5.82. The molecule has 8 nitrogen and oxygen atoms in total. The summed E-state index contributed by atoms with van der Waals surface area (Å²) < 4.78 is 28.1. The van der Waals surface area contributed by atoms with Gasteiger partial charge in [0.1, 0.15) is 6.04 Å². The van der Waals surface area contributed by atoms with E-state index in [0.29, 0.717) is 17.5 Å². The highest BCUT2D eigenvalue weighted by Gasteiger charge is 2.39. The van der Waals surface area contributed by atoms with E-state index in [4.69, 9.17) is 0 Å². The van der Waals surface area contributed by atoms with Gasteiger partial charge in [0, 0.05) is 29.1 Å². The molecule has 2 aromatic rings. The summed E-state index contributed by atoms with van der Waals surface area (Å²) in [7, 11) is -3.79. The van der Waals surface area contributed by atoms with E-state index in [0.717, 1.165) is 30.2 Å². The maximum absolute atomic E-state index is 13.2. The molecule has 0 bridgehead atoms. The van der Waals surface area contributed by atoms with Crippen molar-refractivity contribution in [2.75, 3.05) is 25.0 Å². The fraction of sp³-hybridized carbons (Fsp3) is 0.500. The van der Waals surface area contributed by atoms with Crippen LogP contribution in [0.4, 0.5) is 5.13 Å². The van der Waals surface area contributed by atoms with Gasteiger partial charge in [0.05, 0.1) is 11.4 Å². The lowest BCUT2D eigenvalue weighted by Crippen LogP contribution is -2.58. The summed E-state index contributed by atoms with van der Waals surface area (Å²) in [6, 6.07) is 5.72. The highest BCUT2D eigenvalue weighted by Crippen LogP contribution is 2.30. The third-order valence-electron chi connectivity index (χ3n) is 6.30. The lowest BCUT2D eigenvalue weighted by atomic mass is 9.84. The Hall–Kier alpha value is -1.82. The molecule has 2 amide bonds. The van der Waals surface area contributed by atoms with E-state index in [9.17, 15) is 18.0 Å². The van der Waals surface area contributed by atoms with Crippen molar-refractivity contribution in [2.45, 2.75) is 49.5 Å². The van der Waals surface area contributed by atoms with Gasteiger partial charge in [-0.1, -0.05) is 48.0 Å². The Morgan fingerprint density at radius 1 is 1.18 bits per heavy atom. The number of hydrogen-bond donors (Lipinski definition) is 1. The van der Waals surface area contributed by atoms with Crippen LogP contribution in [0.25, 0.3) is 0 Å². The predicted octanol–water partition coefficient (Wildman–Crippen LogP) is 3.72. The van der Waals surface area contributed by atoms with E-state index in [1.54, 1.807) is 28.6 Å². The van der Waals surface area contributed by atoms with Crippen molar-refractivity contribution in [2.24, 2.45) is 5.92 Å². The van der Waals surface area contributed by atoms with Gasteiger partial charge < -0.3 is 10.2 Å². The molecule has 2 fully saturated rings. The molecule has 1 aromatic heterocycles. The van der Waals surface area contributed by atoms with Gasteiger partial charge in [-0.05, 0) is 36.6 Å². The molecule has 1 aliphatic heterocycles. The molecule has 1 saturated heterocycles. The number of carbonyl (C=O) groups is 2. The molecule has 33 heavy (non-hydrogen) atoms. The van der Waals surface area contributed by atoms with Gasteiger partial charge in [-0.15, -0.1) is 11.3 Å². The second kappa shape index (κ2) is 10.6. The molecular formula is C22H27BrN4O4S2. The van der Waals surface area contributed by atoms with Crippen molar-refractivity contribution in [3.8, 4) is 0 Å². The van der Waals surface area contributed by atoms with Gasteiger partial charge in [0.25, 0.3) is 0 Å². The SMILES string of the molecule is O=C(Nc1nccs1)[C@H](CC1CCCCC1)N1CCN(S(=O)(=O)c2ccc(Br)cc2)CC1=O. The second-order valence-corrected chi connectivity index (χ2v) is 12.2.